The van der Waals surface area contributed by atoms with E-state index in [-0.39, 0.29) is 11.3 Å². The van der Waals surface area contributed by atoms with Crippen LogP contribution in [-0.2, 0) is 5.33 Å². The largest absolute Gasteiger partial charge is 0.478 e. The monoisotopic (exact) mass is 294 g/mol. The number of carboxylic acids is 1. The van der Waals surface area contributed by atoms with Gasteiger partial charge in [-0.1, -0.05) is 22.0 Å². The van der Waals surface area contributed by atoms with E-state index in [1.54, 1.807) is 6.07 Å². The normalized spacial score (nSPS) is 10.6. The van der Waals surface area contributed by atoms with E-state index in [1.165, 1.54) is 13.0 Å². The predicted octanol–water partition coefficient (Wildman–Crippen LogP) is 3.19. The molecule has 0 heterocycles. The minimum atomic E-state index is -3.04. The molecule has 0 saturated heterocycles. The second kappa shape index (κ2) is 5.25. The maximum atomic E-state index is 12.1. The first-order chi connectivity index (χ1) is 7.45. The Bertz CT molecular complexity index is 407. The first-order valence-electron chi connectivity index (χ1n) is 4.33. The van der Waals surface area contributed by atoms with Crippen LogP contribution in [-0.4, -0.2) is 17.7 Å². The van der Waals surface area contributed by atoms with E-state index < -0.39 is 12.6 Å². The molecule has 0 aliphatic carbocycles. The van der Waals surface area contributed by atoms with Crippen LogP contribution in [0.1, 0.15) is 21.5 Å². The van der Waals surface area contributed by atoms with Crippen LogP contribution < -0.4 is 4.74 Å². The SMILES string of the molecule is Cc1cc(CBr)cc(C(=O)O)c1OC(F)F. The molecule has 0 aliphatic heterocycles. The fourth-order valence-electron chi connectivity index (χ4n) is 1.33. The first kappa shape index (κ1) is 12.9. The molecule has 1 aromatic carbocycles. The van der Waals surface area contributed by atoms with Gasteiger partial charge in [-0.2, -0.15) is 8.78 Å². The van der Waals surface area contributed by atoms with Gasteiger partial charge in [0.15, 0.2) is 0 Å². The number of aryl methyl sites for hydroxylation is 1. The molecule has 0 saturated carbocycles. The average molecular weight is 295 g/mol. The number of halogens is 3. The Kier molecular flexibility index (Phi) is 4.23. The predicted molar refractivity (Wildman–Crippen MR) is 57.4 cm³/mol. The van der Waals surface area contributed by atoms with Gasteiger partial charge in [-0.25, -0.2) is 4.79 Å². The van der Waals surface area contributed by atoms with E-state index in [9.17, 15) is 13.6 Å². The minimum absolute atomic E-state index is 0.255. The van der Waals surface area contributed by atoms with Gasteiger partial charge in [0, 0.05) is 5.33 Å². The summed E-state index contributed by atoms with van der Waals surface area (Å²) in [7, 11) is 0. The van der Waals surface area contributed by atoms with Gasteiger partial charge in [-0.15, -0.1) is 0 Å². The number of hydrogen-bond donors (Lipinski definition) is 1. The standard InChI is InChI=1S/C10H9BrF2O3/c1-5-2-6(4-11)3-7(9(14)15)8(5)16-10(12)13/h2-3,10H,4H2,1H3,(H,14,15). The van der Waals surface area contributed by atoms with Crippen molar-refractivity contribution in [1.82, 2.24) is 0 Å². The first-order valence-corrected chi connectivity index (χ1v) is 5.45. The molecule has 0 aliphatic rings. The van der Waals surface area contributed by atoms with Crippen LogP contribution in [0.4, 0.5) is 8.78 Å². The summed E-state index contributed by atoms with van der Waals surface area (Å²) in [6.07, 6.45) is 0. The molecule has 0 bridgehead atoms. The Morgan fingerprint density at radius 1 is 1.56 bits per heavy atom. The Morgan fingerprint density at radius 2 is 2.19 bits per heavy atom. The molecule has 16 heavy (non-hydrogen) atoms. The van der Waals surface area contributed by atoms with Crippen molar-refractivity contribution in [2.75, 3.05) is 0 Å². The van der Waals surface area contributed by atoms with Crippen molar-refractivity contribution in [2.24, 2.45) is 0 Å². The van der Waals surface area contributed by atoms with Crippen molar-refractivity contribution >= 4 is 21.9 Å². The van der Waals surface area contributed by atoms with E-state index in [0.717, 1.165) is 0 Å². The lowest BCUT2D eigenvalue weighted by molar-refractivity contribution is -0.0507. The number of carboxylic acid groups (broad SMARTS) is 1. The summed E-state index contributed by atoms with van der Waals surface area (Å²) in [6.45, 7) is -1.51. The zero-order valence-electron chi connectivity index (χ0n) is 8.34. The van der Waals surface area contributed by atoms with E-state index in [4.69, 9.17) is 5.11 Å². The van der Waals surface area contributed by atoms with Gasteiger partial charge < -0.3 is 9.84 Å². The summed E-state index contributed by atoms with van der Waals surface area (Å²) in [6, 6.07) is 2.90. The van der Waals surface area contributed by atoms with Crippen molar-refractivity contribution in [3.63, 3.8) is 0 Å². The van der Waals surface area contributed by atoms with Crippen LogP contribution in [0.2, 0.25) is 0 Å². The molecular weight excluding hydrogens is 286 g/mol. The lowest BCUT2D eigenvalue weighted by atomic mass is 10.1. The second-order valence-corrected chi connectivity index (χ2v) is 3.67. The van der Waals surface area contributed by atoms with E-state index in [2.05, 4.69) is 20.7 Å². The molecular formula is C10H9BrF2O3. The van der Waals surface area contributed by atoms with E-state index in [0.29, 0.717) is 16.5 Å². The number of rotatable bonds is 4. The Balaban J connectivity index is 3.28. The Labute approximate surface area is 99.2 Å². The van der Waals surface area contributed by atoms with Gasteiger partial charge in [-0.3, -0.25) is 0 Å². The van der Waals surface area contributed by atoms with E-state index in [1.807, 2.05) is 0 Å². The quantitative estimate of drug-likeness (QED) is 0.868. The zero-order chi connectivity index (χ0) is 12.3. The molecule has 88 valence electrons. The average Bonchev–Trinajstić information content (AvgIpc) is 2.19. The summed E-state index contributed by atoms with van der Waals surface area (Å²) in [5.74, 6) is -1.58. The number of ether oxygens (including phenoxy) is 1. The van der Waals surface area contributed by atoms with Crippen LogP contribution in [0.5, 0.6) is 5.75 Å². The van der Waals surface area contributed by atoms with Crippen molar-refractivity contribution < 1.29 is 23.4 Å². The molecule has 1 N–H and O–H groups in total. The molecule has 0 fully saturated rings. The number of aromatic carboxylic acids is 1. The maximum Gasteiger partial charge on any atom is 0.387 e. The van der Waals surface area contributed by atoms with Crippen LogP contribution >= 0.6 is 15.9 Å². The molecule has 0 atom stereocenters. The van der Waals surface area contributed by atoms with Crippen molar-refractivity contribution in [2.45, 2.75) is 18.9 Å². The summed E-state index contributed by atoms with van der Waals surface area (Å²) in [5, 5.41) is 9.33. The third kappa shape index (κ3) is 2.91. The van der Waals surface area contributed by atoms with Gasteiger partial charge >= 0.3 is 12.6 Å². The third-order valence-electron chi connectivity index (χ3n) is 1.93. The van der Waals surface area contributed by atoms with Crippen molar-refractivity contribution in [1.29, 1.82) is 0 Å². The highest BCUT2D eigenvalue weighted by Crippen LogP contribution is 2.28. The van der Waals surface area contributed by atoms with Crippen LogP contribution in [0.15, 0.2) is 12.1 Å². The minimum Gasteiger partial charge on any atom is -0.478 e. The molecule has 0 spiro atoms. The summed E-state index contributed by atoms with van der Waals surface area (Å²) >= 11 is 3.17. The summed E-state index contributed by atoms with van der Waals surface area (Å²) in [5.41, 5.74) is 0.806. The van der Waals surface area contributed by atoms with Crippen LogP contribution in [0.25, 0.3) is 0 Å². The third-order valence-corrected chi connectivity index (χ3v) is 2.57. The molecule has 3 nitrogen and oxygen atoms in total. The fourth-order valence-corrected chi connectivity index (χ4v) is 1.65. The second-order valence-electron chi connectivity index (χ2n) is 3.11. The highest BCUT2D eigenvalue weighted by molar-refractivity contribution is 9.08. The number of alkyl halides is 3. The van der Waals surface area contributed by atoms with Gasteiger partial charge in [0.2, 0.25) is 0 Å². The van der Waals surface area contributed by atoms with Gasteiger partial charge in [0.25, 0.3) is 0 Å². The zero-order valence-corrected chi connectivity index (χ0v) is 9.92. The number of carbonyl (C=O) groups is 1. The lowest BCUT2D eigenvalue weighted by Gasteiger charge is -2.12. The van der Waals surface area contributed by atoms with Gasteiger partial charge in [-0.05, 0) is 24.1 Å². The highest BCUT2D eigenvalue weighted by atomic mass is 79.9. The molecule has 6 heteroatoms. The molecule has 0 aromatic heterocycles. The van der Waals surface area contributed by atoms with E-state index >= 15 is 0 Å². The smallest absolute Gasteiger partial charge is 0.387 e. The molecule has 1 aromatic rings. The van der Waals surface area contributed by atoms with Crippen LogP contribution in [0.3, 0.4) is 0 Å². The van der Waals surface area contributed by atoms with Gasteiger partial charge in [0.05, 0.1) is 0 Å². The highest BCUT2D eigenvalue weighted by Gasteiger charge is 2.18. The maximum absolute atomic E-state index is 12.1. The van der Waals surface area contributed by atoms with Gasteiger partial charge in [0.1, 0.15) is 11.3 Å². The van der Waals surface area contributed by atoms with Crippen molar-refractivity contribution in [3.05, 3.63) is 28.8 Å². The lowest BCUT2D eigenvalue weighted by Crippen LogP contribution is -2.09. The Hall–Kier alpha value is -1.17. The number of hydrogen-bond acceptors (Lipinski definition) is 2. The number of benzene rings is 1. The summed E-state index contributed by atoms with van der Waals surface area (Å²) in [4.78, 5) is 10.9. The fraction of sp³-hybridized carbons (Fsp3) is 0.300. The molecule has 0 amide bonds. The van der Waals surface area contributed by atoms with Crippen molar-refractivity contribution in [3.8, 4) is 5.75 Å². The van der Waals surface area contributed by atoms with Crippen LogP contribution in [0, 0.1) is 6.92 Å². The molecule has 0 radical (unpaired) electrons. The topological polar surface area (TPSA) is 46.5 Å². The Morgan fingerprint density at radius 3 is 2.62 bits per heavy atom. The molecule has 1 rings (SSSR count). The summed E-state index contributed by atoms with van der Waals surface area (Å²) < 4.78 is 28.4. The molecule has 0 unspecified atom stereocenters.